The van der Waals surface area contributed by atoms with E-state index in [9.17, 15) is 0 Å². The Morgan fingerprint density at radius 2 is 1.23 bits per heavy atom. The number of anilines is 6. The molecular formula is C60H59BN2OS. The van der Waals surface area contributed by atoms with Crippen molar-refractivity contribution in [2.24, 2.45) is 0 Å². The molecule has 2 aliphatic heterocycles. The minimum atomic E-state index is -0.0461. The van der Waals surface area contributed by atoms with Gasteiger partial charge in [0.2, 0.25) is 0 Å². The van der Waals surface area contributed by atoms with Crippen molar-refractivity contribution < 1.29 is 4.42 Å². The first-order valence-corrected chi connectivity index (χ1v) is 24.4. The molecule has 5 heteroatoms. The summed E-state index contributed by atoms with van der Waals surface area (Å²) in [6, 6.07) is 53.5. The van der Waals surface area contributed by atoms with E-state index in [0.29, 0.717) is 5.92 Å². The number of benzene rings is 7. The van der Waals surface area contributed by atoms with Crippen LogP contribution < -0.4 is 25.5 Å². The van der Waals surface area contributed by atoms with Crippen molar-refractivity contribution in [3.8, 4) is 11.1 Å². The summed E-state index contributed by atoms with van der Waals surface area (Å²) < 4.78 is 9.11. The van der Waals surface area contributed by atoms with Crippen LogP contribution in [0.5, 0.6) is 0 Å². The predicted molar refractivity (Wildman–Crippen MR) is 283 cm³/mol. The fraction of sp³-hybridized carbons (Fsp3) is 0.267. The van der Waals surface area contributed by atoms with Crippen LogP contribution in [0.15, 0.2) is 144 Å². The van der Waals surface area contributed by atoms with Crippen LogP contribution in [0.4, 0.5) is 34.1 Å². The second-order valence-corrected chi connectivity index (χ2v) is 22.7. The van der Waals surface area contributed by atoms with Crippen molar-refractivity contribution in [1.29, 1.82) is 0 Å². The Labute approximate surface area is 389 Å². The van der Waals surface area contributed by atoms with E-state index in [0.717, 1.165) is 28.4 Å². The van der Waals surface area contributed by atoms with Gasteiger partial charge in [0.15, 0.2) is 0 Å². The topological polar surface area (TPSA) is 19.6 Å². The van der Waals surface area contributed by atoms with Crippen LogP contribution in [0.1, 0.15) is 111 Å². The summed E-state index contributed by atoms with van der Waals surface area (Å²) in [6.45, 7) is 25.7. The van der Waals surface area contributed by atoms with Gasteiger partial charge in [-0.2, -0.15) is 0 Å². The highest BCUT2D eigenvalue weighted by molar-refractivity contribution is 7.33. The van der Waals surface area contributed by atoms with E-state index >= 15 is 0 Å². The van der Waals surface area contributed by atoms with Crippen molar-refractivity contribution in [1.82, 2.24) is 0 Å². The molecule has 4 heterocycles. The van der Waals surface area contributed by atoms with E-state index in [2.05, 4.69) is 225 Å². The van der Waals surface area contributed by atoms with E-state index in [1.54, 1.807) is 0 Å². The van der Waals surface area contributed by atoms with Gasteiger partial charge in [-0.3, -0.25) is 0 Å². The molecule has 0 saturated heterocycles. The third kappa shape index (κ3) is 6.59. The molecule has 2 aliphatic rings. The molecule has 7 aromatic carbocycles. The van der Waals surface area contributed by atoms with Crippen molar-refractivity contribution in [3.05, 3.63) is 162 Å². The molecule has 11 rings (SSSR count). The van der Waals surface area contributed by atoms with Crippen molar-refractivity contribution >= 4 is 99.9 Å². The van der Waals surface area contributed by atoms with Gasteiger partial charge >= 0.3 is 0 Å². The van der Waals surface area contributed by atoms with Gasteiger partial charge in [0.1, 0.15) is 11.2 Å². The minimum Gasteiger partial charge on any atom is -0.456 e. The highest BCUT2D eigenvalue weighted by atomic mass is 32.1. The zero-order valence-corrected chi connectivity index (χ0v) is 40.7. The molecule has 0 amide bonds. The number of fused-ring (bicyclic) bond motifs is 9. The van der Waals surface area contributed by atoms with Crippen molar-refractivity contribution in [3.63, 3.8) is 0 Å². The largest absolute Gasteiger partial charge is 0.456 e. The van der Waals surface area contributed by atoms with Crippen molar-refractivity contribution in [2.75, 3.05) is 9.80 Å². The van der Waals surface area contributed by atoms with Crippen LogP contribution in [-0.4, -0.2) is 6.71 Å². The summed E-state index contributed by atoms with van der Waals surface area (Å²) in [5.74, 6) is 0.380. The first-order chi connectivity index (χ1) is 31.0. The average molecular weight is 867 g/mol. The maximum absolute atomic E-state index is 6.37. The Kier molecular flexibility index (Phi) is 9.45. The standard InChI is InChI=1S/C60H59BN2OS/c1-12-60(10,11)39-22-26-42(27-23-39)62-50-17-15-18-51-55(50)61(57-56(62)46-35-41(59(7,8)9)25-31-54(46)65-57)47-33-37(36(2)3)20-28-49(47)63(51)48-29-24-40(58(4,5)6)34-44(48)38-21-30-53-45(32-38)43-16-13-14-19-52(43)64-53/h13-36H,12H2,1-11H3. The van der Waals surface area contributed by atoms with E-state index < -0.39 is 0 Å². The first-order valence-electron chi connectivity index (χ1n) is 23.6. The van der Waals surface area contributed by atoms with Gasteiger partial charge in [0.05, 0.1) is 11.4 Å². The molecule has 0 saturated carbocycles. The van der Waals surface area contributed by atoms with Gasteiger partial charge in [0.25, 0.3) is 6.71 Å². The minimum absolute atomic E-state index is 0.0144. The van der Waals surface area contributed by atoms with E-state index in [1.807, 2.05) is 11.3 Å². The molecule has 0 radical (unpaired) electrons. The molecule has 0 atom stereocenters. The molecule has 65 heavy (non-hydrogen) atoms. The maximum atomic E-state index is 6.37. The van der Waals surface area contributed by atoms with Gasteiger partial charge in [-0.05, 0) is 140 Å². The van der Waals surface area contributed by atoms with Crippen LogP contribution in [0.3, 0.4) is 0 Å². The molecule has 324 valence electrons. The summed E-state index contributed by atoms with van der Waals surface area (Å²) in [5, 5.41) is 3.61. The quantitative estimate of drug-likeness (QED) is 0.155. The van der Waals surface area contributed by atoms with Crippen LogP contribution >= 0.6 is 11.3 Å². The molecule has 9 aromatic rings. The van der Waals surface area contributed by atoms with E-state index in [1.165, 1.54) is 93.3 Å². The summed E-state index contributed by atoms with van der Waals surface area (Å²) in [5.41, 5.74) is 19.8. The summed E-state index contributed by atoms with van der Waals surface area (Å²) in [4.78, 5) is 5.20. The molecule has 0 unspecified atom stereocenters. The lowest BCUT2D eigenvalue weighted by Gasteiger charge is -2.44. The fourth-order valence-electron chi connectivity index (χ4n) is 10.4. The third-order valence-corrected chi connectivity index (χ3v) is 15.9. The SMILES string of the molecule is CCC(C)(C)c1ccc(N2c3cccc4c3B(c3cc(C(C)C)ccc3N4c3ccc(C(C)(C)C)cc3-c3ccc4oc5ccccc5c4c3)c3sc4ccc(C(C)(C)C)cc4c32)cc1. The number of para-hydroxylation sites is 1. The number of hydrogen-bond donors (Lipinski definition) is 0. The van der Waals surface area contributed by atoms with Crippen molar-refractivity contribution in [2.45, 2.75) is 105 Å². The zero-order valence-electron chi connectivity index (χ0n) is 39.9. The third-order valence-electron chi connectivity index (χ3n) is 14.7. The molecule has 2 aromatic heterocycles. The Morgan fingerprint density at radius 3 is 1.95 bits per heavy atom. The Morgan fingerprint density at radius 1 is 0.569 bits per heavy atom. The zero-order chi connectivity index (χ0) is 45.3. The van der Waals surface area contributed by atoms with Crippen LogP contribution in [-0.2, 0) is 16.2 Å². The molecule has 0 aliphatic carbocycles. The highest BCUT2D eigenvalue weighted by Crippen LogP contribution is 2.51. The molecule has 3 nitrogen and oxygen atoms in total. The average Bonchev–Trinajstić information content (AvgIpc) is 3.86. The number of rotatable bonds is 6. The second kappa shape index (κ2) is 14.7. The van der Waals surface area contributed by atoms with Gasteiger partial charge < -0.3 is 14.2 Å². The Hall–Kier alpha value is -6.04. The number of nitrogens with zero attached hydrogens (tertiary/aromatic N) is 2. The van der Waals surface area contributed by atoms with Crippen LogP contribution in [0, 0.1) is 0 Å². The van der Waals surface area contributed by atoms with E-state index in [-0.39, 0.29) is 23.0 Å². The second-order valence-electron chi connectivity index (χ2n) is 21.6. The first kappa shape index (κ1) is 41.7. The number of hydrogen-bond acceptors (Lipinski definition) is 4. The number of thiophene rings is 1. The van der Waals surface area contributed by atoms with Crippen LogP contribution in [0.25, 0.3) is 43.2 Å². The Balaban J connectivity index is 1.21. The van der Waals surface area contributed by atoms with Gasteiger partial charge in [-0.25, -0.2) is 0 Å². The predicted octanol–water partition coefficient (Wildman–Crippen LogP) is 16.0. The van der Waals surface area contributed by atoms with Gasteiger partial charge in [-0.1, -0.05) is 143 Å². The van der Waals surface area contributed by atoms with E-state index in [4.69, 9.17) is 4.42 Å². The summed E-state index contributed by atoms with van der Waals surface area (Å²) >= 11 is 1.98. The lowest BCUT2D eigenvalue weighted by Crippen LogP contribution is -2.60. The molecule has 0 bridgehead atoms. The monoisotopic (exact) mass is 866 g/mol. The summed E-state index contributed by atoms with van der Waals surface area (Å²) in [6.07, 6.45) is 1.08. The fourth-order valence-corrected chi connectivity index (χ4v) is 11.7. The smallest absolute Gasteiger partial charge is 0.264 e. The summed E-state index contributed by atoms with van der Waals surface area (Å²) in [7, 11) is 0. The van der Waals surface area contributed by atoms with Crippen LogP contribution in [0.2, 0.25) is 0 Å². The normalized spacial score (nSPS) is 13.9. The molecule has 0 N–H and O–H groups in total. The number of furan rings is 1. The molecular weight excluding hydrogens is 808 g/mol. The molecule has 0 spiro atoms. The molecule has 0 fully saturated rings. The Bertz CT molecular complexity index is 3350. The lowest BCUT2D eigenvalue weighted by atomic mass is 9.36. The highest BCUT2D eigenvalue weighted by Gasteiger charge is 2.46. The van der Waals surface area contributed by atoms with Gasteiger partial charge in [0, 0.05) is 53.9 Å². The lowest BCUT2D eigenvalue weighted by molar-refractivity contribution is 0.506. The van der Waals surface area contributed by atoms with Gasteiger partial charge in [-0.15, -0.1) is 11.3 Å². The maximum Gasteiger partial charge on any atom is 0.264 e.